The highest BCUT2D eigenvalue weighted by molar-refractivity contribution is 5.89. The van der Waals surface area contributed by atoms with Crippen LogP contribution < -0.4 is 10.6 Å². The fourth-order valence-electron chi connectivity index (χ4n) is 1.61. The molecule has 5 heteroatoms. The summed E-state index contributed by atoms with van der Waals surface area (Å²) in [6, 6.07) is 7.58. The molecule has 0 aliphatic rings. The third-order valence-electron chi connectivity index (χ3n) is 3.24. The summed E-state index contributed by atoms with van der Waals surface area (Å²) in [4.78, 5) is 11.9. The van der Waals surface area contributed by atoms with E-state index >= 15 is 0 Å². The molecule has 0 aromatic heterocycles. The largest absolute Gasteiger partial charge is 0.382 e. The van der Waals surface area contributed by atoms with Crippen LogP contribution in [0.1, 0.15) is 26.3 Å². The van der Waals surface area contributed by atoms with Crippen molar-refractivity contribution >= 4 is 11.7 Å². The van der Waals surface area contributed by atoms with Crippen LogP contribution in [0.4, 0.5) is 10.5 Å². The van der Waals surface area contributed by atoms with Crippen LogP contribution in [0.2, 0.25) is 0 Å². The number of anilines is 1. The minimum absolute atomic E-state index is 0.130. The number of amides is 2. The molecule has 0 aliphatic heterocycles. The van der Waals surface area contributed by atoms with Crippen LogP contribution >= 0.6 is 0 Å². The van der Waals surface area contributed by atoms with Crippen molar-refractivity contribution in [2.45, 2.75) is 33.4 Å². The number of urea groups is 1. The maximum absolute atomic E-state index is 11.9. The fraction of sp³-hybridized carbons (Fsp3) is 0.562. The second-order valence-corrected chi connectivity index (χ2v) is 5.38. The molecule has 0 spiro atoms. The number of nitrogens with one attached hydrogen (secondary N) is 2. The van der Waals surface area contributed by atoms with Gasteiger partial charge in [-0.1, -0.05) is 26.0 Å². The Morgan fingerprint density at radius 1 is 1.24 bits per heavy atom. The molecule has 0 saturated heterocycles. The normalized spacial score (nSPS) is 12.2. The van der Waals surface area contributed by atoms with E-state index in [9.17, 15) is 4.79 Å². The summed E-state index contributed by atoms with van der Waals surface area (Å²) >= 11 is 0. The van der Waals surface area contributed by atoms with E-state index in [0.29, 0.717) is 25.7 Å². The van der Waals surface area contributed by atoms with E-state index in [2.05, 4.69) is 24.5 Å². The monoisotopic (exact) mass is 294 g/mol. The summed E-state index contributed by atoms with van der Waals surface area (Å²) in [5.41, 5.74) is 1.78. The van der Waals surface area contributed by atoms with Gasteiger partial charge in [0.25, 0.3) is 0 Å². The van der Waals surface area contributed by atoms with Crippen molar-refractivity contribution in [1.29, 1.82) is 0 Å². The molecule has 1 aromatic rings. The van der Waals surface area contributed by atoms with Crippen molar-refractivity contribution in [2.75, 3.05) is 25.6 Å². The Morgan fingerprint density at radius 2 is 2.00 bits per heavy atom. The van der Waals surface area contributed by atoms with Crippen molar-refractivity contribution in [2.24, 2.45) is 5.92 Å². The average molecular weight is 294 g/mol. The number of rotatable bonds is 8. The molecule has 2 amide bonds. The summed E-state index contributed by atoms with van der Waals surface area (Å²) in [6.45, 7) is 7.77. The Labute approximate surface area is 127 Å². The molecule has 0 unspecified atom stereocenters. The lowest BCUT2D eigenvalue weighted by atomic mass is 10.1. The third kappa shape index (κ3) is 7.11. The van der Waals surface area contributed by atoms with Gasteiger partial charge in [0, 0.05) is 18.8 Å². The average Bonchev–Trinajstić information content (AvgIpc) is 2.43. The number of ether oxygens (including phenoxy) is 2. The highest BCUT2D eigenvalue weighted by Crippen LogP contribution is 2.12. The van der Waals surface area contributed by atoms with E-state index in [1.165, 1.54) is 0 Å². The Hall–Kier alpha value is -1.59. The zero-order chi connectivity index (χ0) is 15.7. The highest BCUT2D eigenvalue weighted by Gasteiger charge is 2.10. The maximum Gasteiger partial charge on any atom is 0.319 e. The van der Waals surface area contributed by atoms with Gasteiger partial charge in [-0.2, -0.15) is 0 Å². The summed E-state index contributed by atoms with van der Waals surface area (Å²) < 4.78 is 10.4. The van der Waals surface area contributed by atoms with E-state index in [0.717, 1.165) is 11.3 Å². The second kappa shape index (κ2) is 9.37. The molecular weight excluding hydrogens is 268 g/mol. The molecule has 1 atom stereocenters. The smallest absolute Gasteiger partial charge is 0.319 e. The van der Waals surface area contributed by atoms with Gasteiger partial charge in [0.2, 0.25) is 0 Å². The van der Waals surface area contributed by atoms with E-state index in [1.807, 2.05) is 31.2 Å². The first-order valence-electron chi connectivity index (χ1n) is 7.26. The number of hydrogen-bond acceptors (Lipinski definition) is 3. The standard InChI is InChI=1S/C16H26N2O3/c1-12(2)13(3)17-16(19)18-15-7-5-6-14(10-15)11-21-9-8-20-4/h5-7,10,12-13H,8-9,11H2,1-4H3,(H2,17,18,19)/t13-/m1/s1. The van der Waals surface area contributed by atoms with Gasteiger partial charge in [-0.05, 0) is 30.5 Å². The van der Waals surface area contributed by atoms with Crippen molar-refractivity contribution in [3.63, 3.8) is 0 Å². The highest BCUT2D eigenvalue weighted by atomic mass is 16.5. The molecule has 0 fully saturated rings. The predicted octanol–water partition coefficient (Wildman–Crippen LogP) is 3.02. The van der Waals surface area contributed by atoms with Gasteiger partial charge < -0.3 is 20.1 Å². The zero-order valence-electron chi connectivity index (χ0n) is 13.3. The lowest BCUT2D eigenvalue weighted by molar-refractivity contribution is 0.0617. The minimum Gasteiger partial charge on any atom is -0.382 e. The lowest BCUT2D eigenvalue weighted by Crippen LogP contribution is -2.39. The number of methoxy groups -OCH3 is 1. The van der Waals surface area contributed by atoms with Crippen molar-refractivity contribution < 1.29 is 14.3 Å². The van der Waals surface area contributed by atoms with Gasteiger partial charge in [-0.3, -0.25) is 0 Å². The number of carbonyl (C=O) groups is 1. The first kappa shape index (κ1) is 17.5. The molecule has 21 heavy (non-hydrogen) atoms. The van der Waals surface area contributed by atoms with Crippen LogP contribution in [0.15, 0.2) is 24.3 Å². The Balaban J connectivity index is 2.46. The van der Waals surface area contributed by atoms with E-state index in [-0.39, 0.29) is 12.1 Å². The summed E-state index contributed by atoms with van der Waals surface area (Å²) in [7, 11) is 1.64. The first-order chi connectivity index (χ1) is 10.0. The van der Waals surface area contributed by atoms with Gasteiger partial charge in [0.1, 0.15) is 0 Å². The topological polar surface area (TPSA) is 59.6 Å². The van der Waals surface area contributed by atoms with Crippen molar-refractivity contribution in [1.82, 2.24) is 5.32 Å². The number of carbonyl (C=O) groups excluding carboxylic acids is 1. The molecule has 0 heterocycles. The van der Waals surface area contributed by atoms with Crippen molar-refractivity contribution in [3.8, 4) is 0 Å². The molecule has 0 saturated carbocycles. The van der Waals surface area contributed by atoms with Crippen LogP contribution in [-0.2, 0) is 16.1 Å². The molecule has 0 bridgehead atoms. The van der Waals surface area contributed by atoms with Crippen LogP contribution in [0.25, 0.3) is 0 Å². The predicted molar refractivity (Wildman–Crippen MR) is 84.4 cm³/mol. The maximum atomic E-state index is 11.9. The van der Waals surface area contributed by atoms with Crippen molar-refractivity contribution in [3.05, 3.63) is 29.8 Å². The Kier molecular flexibility index (Phi) is 7.79. The van der Waals surface area contributed by atoms with Crippen LogP contribution in [-0.4, -0.2) is 32.4 Å². The van der Waals surface area contributed by atoms with Gasteiger partial charge >= 0.3 is 6.03 Å². The fourth-order valence-corrected chi connectivity index (χ4v) is 1.61. The van der Waals surface area contributed by atoms with Gasteiger partial charge in [0.15, 0.2) is 0 Å². The van der Waals surface area contributed by atoms with Gasteiger partial charge in [-0.15, -0.1) is 0 Å². The second-order valence-electron chi connectivity index (χ2n) is 5.38. The van der Waals surface area contributed by atoms with Gasteiger partial charge in [-0.25, -0.2) is 4.79 Å². The quantitative estimate of drug-likeness (QED) is 0.725. The molecule has 0 aliphatic carbocycles. The molecular formula is C16H26N2O3. The molecule has 5 nitrogen and oxygen atoms in total. The molecule has 1 aromatic carbocycles. The van der Waals surface area contributed by atoms with Crippen LogP contribution in [0.3, 0.4) is 0 Å². The van der Waals surface area contributed by atoms with Gasteiger partial charge in [0.05, 0.1) is 19.8 Å². The molecule has 118 valence electrons. The first-order valence-corrected chi connectivity index (χ1v) is 7.26. The summed E-state index contributed by atoms with van der Waals surface area (Å²) in [5, 5.41) is 5.75. The van der Waals surface area contributed by atoms with E-state index in [1.54, 1.807) is 7.11 Å². The molecule has 2 N–H and O–H groups in total. The zero-order valence-corrected chi connectivity index (χ0v) is 13.3. The number of hydrogen-bond donors (Lipinski definition) is 2. The Morgan fingerprint density at radius 3 is 2.67 bits per heavy atom. The van der Waals surface area contributed by atoms with Crippen LogP contribution in [0, 0.1) is 5.92 Å². The third-order valence-corrected chi connectivity index (χ3v) is 3.24. The van der Waals surface area contributed by atoms with E-state index < -0.39 is 0 Å². The lowest BCUT2D eigenvalue weighted by Gasteiger charge is -2.18. The summed E-state index contributed by atoms with van der Waals surface area (Å²) in [5.74, 6) is 0.399. The van der Waals surface area contributed by atoms with Crippen LogP contribution in [0.5, 0.6) is 0 Å². The number of benzene rings is 1. The minimum atomic E-state index is -0.186. The summed E-state index contributed by atoms with van der Waals surface area (Å²) in [6.07, 6.45) is 0. The van der Waals surface area contributed by atoms with E-state index in [4.69, 9.17) is 9.47 Å². The Bertz CT molecular complexity index is 435. The molecule has 0 radical (unpaired) electrons. The SMILES string of the molecule is COCCOCc1cccc(NC(=O)N[C@H](C)C(C)C)c1. The molecule has 1 rings (SSSR count).